The largest absolute Gasteiger partial charge is 0.474 e. The van der Waals surface area contributed by atoms with Gasteiger partial charge in [0.05, 0.1) is 17.6 Å². The zero-order valence-electron chi connectivity index (χ0n) is 20.7. The van der Waals surface area contributed by atoms with Crippen molar-refractivity contribution in [2.24, 2.45) is 17.3 Å². The number of carbonyl (C=O) groups is 4. The molecular formula is C25H34NO6Si. The van der Waals surface area contributed by atoms with Crippen LogP contribution in [0.2, 0.25) is 13.1 Å². The lowest BCUT2D eigenvalue weighted by Gasteiger charge is -2.59. The molecule has 0 saturated carbocycles. The molecule has 1 fully saturated rings. The molecule has 1 radical (unpaired) electrons. The van der Waals surface area contributed by atoms with Gasteiger partial charge in [0.15, 0.2) is 5.78 Å². The Labute approximate surface area is 197 Å². The van der Waals surface area contributed by atoms with Crippen molar-refractivity contribution in [3.8, 4) is 0 Å². The molecular weight excluding hydrogens is 438 g/mol. The third-order valence-corrected chi connectivity index (χ3v) is 8.21. The highest BCUT2D eigenvalue weighted by Gasteiger charge is 2.66. The Morgan fingerprint density at radius 1 is 1.12 bits per heavy atom. The Balaban J connectivity index is 2.13. The molecule has 0 bridgehead atoms. The van der Waals surface area contributed by atoms with Crippen LogP contribution in [0, 0.1) is 31.1 Å². The van der Waals surface area contributed by atoms with Crippen molar-refractivity contribution in [3.63, 3.8) is 0 Å². The smallest absolute Gasteiger partial charge is 0.395 e. The van der Waals surface area contributed by atoms with Gasteiger partial charge in [0.1, 0.15) is 0 Å². The summed E-state index contributed by atoms with van der Waals surface area (Å²) in [4.78, 5) is 52.0. The normalized spacial score (nSPS) is 24.9. The van der Waals surface area contributed by atoms with Gasteiger partial charge in [0, 0.05) is 11.5 Å². The number of imide groups is 1. The van der Waals surface area contributed by atoms with Gasteiger partial charge < -0.3 is 9.53 Å². The molecule has 33 heavy (non-hydrogen) atoms. The van der Waals surface area contributed by atoms with Crippen LogP contribution in [0.4, 0.5) is 0 Å². The quantitative estimate of drug-likeness (QED) is 0.408. The summed E-state index contributed by atoms with van der Waals surface area (Å²) in [5.41, 5.74) is 2.15. The first-order valence-electron chi connectivity index (χ1n) is 11.4. The average molecular weight is 473 g/mol. The number of benzene rings is 1. The number of fused-ring (bicyclic) bond motifs is 1. The Morgan fingerprint density at radius 3 is 2.24 bits per heavy atom. The number of carboxylic acid groups (broad SMARTS) is 1. The molecule has 2 amide bonds. The number of rotatable bonds is 4. The topological polar surface area (TPSA) is 101 Å². The lowest BCUT2D eigenvalue weighted by Crippen LogP contribution is -2.76. The Morgan fingerprint density at radius 2 is 1.73 bits per heavy atom. The van der Waals surface area contributed by atoms with Crippen LogP contribution in [0.3, 0.4) is 0 Å². The van der Waals surface area contributed by atoms with Crippen molar-refractivity contribution in [2.75, 3.05) is 0 Å². The van der Waals surface area contributed by atoms with E-state index in [4.69, 9.17) is 4.43 Å². The van der Waals surface area contributed by atoms with E-state index in [0.29, 0.717) is 18.4 Å². The molecule has 1 aromatic rings. The fraction of sp³-hybridized carbons (Fsp3) is 0.600. The maximum absolute atomic E-state index is 13.7. The van der Waals surface area contributed by atoms with Crippen LogP contribution in [0.15, 0.2) is 12.1 Å². The molecule has 8 heteroatoms. The van der Waals surface area contributed by atoms with Gasteiger partial charge in [-0.05, 0) is 69.3 Å². The van der Waals surface area contributed by atoms with Crippen LogP contribution in [0.5, 0.6) is 0 Å². The second kappa shape index (κ2) is 8.47. The Bertz CT molecular complexity index is 1030. The number of nitrogens with zero attached hydrogens (tertiary/aromatic N) is 1. The van der Waals surface area contributed by atoms with Gasteiger partial charge in [0.2, 0.25) is 14.9 Å². The minimum atomic E-state index is -1.70. The molecule has 1 saturated heterocycles. The van der Waals surface area contributed by atoms with Crippen molar-refractivity contribution in [1.29, 1.82) is 0 Å². The van der Waals surface area contributed by atoms with E-state index in [2.05, 4.69) is 0 Å². The zero-order chi connectivity index (χ0) is 25.0. The average Bonchev–Trinajstić information content (AvgIpc) is 2.65. The van der Waals surface area contributed by atoms with Crippen molar-refractivity contribution in [3.05, 3.63) is 34.4 Å². The number of hydrogen-bond acceptors (Lipinski definition) is 5. The summed E-state index contributed by atoms with van der Waals surface area (Å²) in [6.07, 6.45) is 1.08. The molecule has 1 aromatic carbocycles. The molecule has 1 N–H and O–H groups in total. The van der Waals surface area contributed by atoms with Crippen LogP contribution >= 0.6 is 0 Å². The summed E-state index contributed by atoms with van der Waals surface area (Å²) in [6.45, 7) is 15.6. The maximum Gasteiger partial charge on any atom is 0.395 e. The number of carbonyl (C=O) groups excluding carboxylic acids is 3. The third-order valence-electron chi connectivity index (χ3n) is 7.38. The van der Waals surface area contributed by atoms with Crippen LogP contribution in [-0.2, 0) is 25.2 Å². The minimum absolute atomic E-state index is 0.136. The third kappa shape index (κ3) is 4.08. The lowest BCUT2D eigenvalue weighted by molar-refractivity contribution is -0.196. The Kier molecular flexibility index (Phi) is 6.49. The fourth-order valence-electron chi connectivity index (χ4n) is 5.43. The number of hydrogen-bond donors (Lipinski definition) is 1. The first-order valence-corrected chi connectivity index (χ1v) is 13.8. The van der Waals surface area contributed by atoms with E-state index in [1.807, 2.05) is 66.8 Å². The van der Waals surface area contributed by atoms with E-state index in [0.717, 1.165) is 21.6 Å². The van der Waals surface area contributed by atoms with Crippen molar-refractivity contribution < 1.29 is 28.7 Å². The highest BCUT2D eigenvalue weighted by molar-refractivity contribution is 6.48. The summed E-state index contributed by atoms with van der Waals surface area (Å²) in [5, 5.41) is 9.39. The number of carboxylic acids is 1. The van der Waals surface area contributed by atoms with Gasteiger partial charge in [0.25, 0.3) is 0 Å². The predicted molar refractivity (Wildman–Crippen MR) is 125 cm³/mol. The van der Waals surface area contributed by atoms with Gasteiger partial charge in [-0.3, -0.25) is 19.3 Å². The van der Waals surface area contributed by atoms with Crippen LogP contribution in [0.1, 0.15) is 61.2 Å². The standard InChI is InChI=1S/C25H34NO6Si/c1-13-11-14(2)15-9-10-16(20(27)17(15)12-13)19-18(21(28)26(19)22(29)23(30)31)25(6,24(3,4)5)32-33(7)8/h11-12,16,18-19H,9-10H2,1-8H3,(H,30,31)/t16-,18-,19-,25-/m1/s1. The molecule has 0 spiro atoms. The molecule has 1 aliphatic heterocycles. The van der Waals surface area contributed by atoms with E-state index in [9.17, 15) is 24.3 Å². The maximum atomic E-state index is 13.7. The Hall–Kier alpha value is -2.32. The van der Waals surface area contributed by atoms with E-state index in [-0.39, 0.29) is 5.78 Å². The number of Topliss-reactive ketones (excluding diaryl/α,β-unsaturated/α-hetero) is 1. The van der Waals surface area contributed by atoms with E-state index in [1.54, 1.807) is 0 Å². The summed E-state index contributed by atoms with van der Waals surface area (Å²) >= 11 is 0. The minimum Gasteiger partial charge on any atom is -0.474 e. The van der Waals surface area contributed by atoms with Gasteiger partial charge in [-0.15, -0.1) is 0 Å². The first kappa shape index (κ1) is 25.3. The summed E-state index contributed by atoms with van der Waals surface area (Å²) in [5.74, 6) is -5.15. The molecule has 0 aromatic heterocycles. The first-order chi connectivity index (χ1) is 15.1. The van der Waals surface area contributed by atoms with E-state index < -0.39 is 55.7 Å². The van der Waals surface area contributed by atoms with Crippen molar-refractivity contribution in [1.82, 2.24) is 4.90 Å². The van der Waals surface area contributed by atoms with Crippen LogP contribution in [0.25, 0.3) is 0 Å². The van der Waals surface area contributed by atoms with Gasteiger partial charge in [-0.1, -0.05) is 32.4 Å². The highest BCUT2D eigenvalue weighted by atomic mass is 28.3. The molecule has 2 aliphatic rings. The van der Waals surface area contributed by atoms with Gasteiger partial charge in [-0.25, -0.2) is 4.79 Å². The van der Waals surface area contributed by atoms with Crippen molar-refractivity contribution in [2.45, 2.75) is 79.1 Å². The molecule has 0 unspecified atom stereocenters. The second-order valence-corrected chi connectivity index (χ2v) is 12.8. The number of β-lactam (4-membered cyclic amide) rings is 1. The van der Waals surface area contributed by atoms with Crippen LogP contribution in [-0.4, -0.2) is 54.3 Å². The number of aliphatic carboxylic acids is 1. The van der Waals surface area contributed by atoms with E-state index >= 15 is 0 Å². The molecule has 7 nitrogen and oxygen atoms in total. The zero-order valence-corrected chi connectivity index (χ0v) is 21.7. The molecule has 3 rings (SSSR count). The van der Waals surface area contributed by atoms with E-state index in [1.165, 1.54) is 0 Å². The number of ketones is 1. The summed E-state index contributed by atoms with van der Waals surface area (Å²) < 4.78 is 6.41. The molecule has 1 aliphatic carbocycles. The van der Waals surface area contributed by atoms with Crippen LogP contribution < -0.4 is 0 Å². The molecule has 4 atom stereocenters. The SMILES string of the molecule is Cc1cc(C)c2c(c1)C(=O)[C@@H]([C@@H]1[C@@H]([C@@](C)(O[Si](C)C)C(C)(C)C)C(=O)N1C(=O)C(=O)O)CC2. The summed E-state index contributed by atoms with van der Waals surface area (Å²) in [6, 6.07) is 3.04. The molecule has 179 valence electrons. The van der Waals surface area contributed by atoms with Crippen molar-refractivity contribution >= 4 is 32.6 Å². The summed E-state index contributed by atoms with van der Waals surface area (Å²) in [7, 11) is -1.25. The fourth-order valence-corrected chi connectivity index (χ4v) is 6.72. The van der Waals surface area contributed by atoms with Gasteiger partial charge in [-0.2, -0.15) is 0 Å². The molecule has 1 heterocycles. The predicted octanol–water partition coefficient (Wildman–Crippen LogP) is 3.56. The monoisotopic (exact) mass is 472 g/mol. The number of aryl methyl sites for hydroxylation is 2. The number of amides is 2. The highest BCUT2D eigenvalue weighted by Crippen LogP contribution is 2.51. The number of likely N-dealkylation sites (tertiary alicyclic amines) is 1. The second-order valence-electron chi connectivity index (χ2n) is 10.8. The lowest BCUT2D eigenvalue weighted by atomic mass is 9.59. The van der Waals surface area contributed by atoms with Gasteiger partial charge >= 0.3 is 11.9 Å².